The number of nitrogens with two attached hydrogens (primary N) is 1. The number of carbonyl (C=O) groups excluding carboxylic acids is 3. The summed E-state index contributed by atoms with van der Waals surface area (Å²) in [5.41, 5.74) is 12.2. The number of amides is 3. The van der Waals surface area contributed by atoms with Gasteiger partial charge in [-0.15, -0.1) is 0 Å². The van der Waals surface area contributed by atoms with Crippen molar-refractivity contribution in [1.82, 2.24) is 10.2 Å². The summed E-state index contributed by atoms with van der Waals surface area (Å²) in [5, 5.41) is 2.35. The van der Waals surface area contributed by atoms with E-state index in [1.807, 2.05) is 54.6 Å². The van der Waals surface area contributed by atoms with E-state index in [2.05, 4.69) is 11.4 Å². The minimum Gasteiger partial charge on any atom is -0.399 e. The van der Waals surface area contributed by atoms with Gasteiger partial charge in [0, 0.05) is 24.2 Å². The predicted molar refractivity (Wildman–Crippen MR) is 118 cm³/mol. The lowest BCUT2D eigenvalue weighted by molar-refractivity contribution is -0.136. The van der Waals surface area contributed by atoms with Gasteiger partial charge in [-0.05, 0) is 58.5 Å². The second kappa shape index (κ2) is 7.40. The highest BCUT2D eigenvalue weighted by Crippen LogP contribution is 2.36. The van der Waals surface area contributed by atoms with Crippen molar-refractivity contribution in [3.63, 3.8) is 0 Å². The molecule has 3 aromatic carbocycles. The van der Waals surface area contributed by atoms with Crippen LogP contribution in [0.2, 0.25) is 0 Å². The molecule has 2 aliphatic rings. The van der Waals surface area contributed by atoms with E-state index in [4.69, 9.17) is 5.73 Å². The summed E-state index contributed by atoms with van der Waals surface area (Å²) in [6.45, 7) is 0.346. The first kappa shape index (κ1) is 19.1. The third-order valence-electron chi connectivity index (χ3n) is 5.98. The van der Waals surface area contributed by atoms with E-state index in [9.17, 15) is 14.4 Å². The van der Waals surface area contributed by atoms with Crippen molar-refractivity contribution in [1.29, 1.82) is 0 Å². The standard InChI is InChI=1S/C25H21N3O3/c26-18-7-2-5-16(13-18)15-4-1-6-17(12-15)19-8-3-9-20-21(19)14-28(25(20)31)22-10-11-23(29)27-24(22)30/h1-9,12-13,22H,10-11,14,26H2,(H,27,29,30). The van der Waals surface area contributed by atoms with E-state index >= 15 is 0 Å². The molecule has 31 heavy (non-hydrogen) atoms. The molecular formula is C25H21N3O3. The van der Waals surface area contributed by atoms with E-state index in [0.29, 0.717) is 24.2 Å². The first-order valence-corrected chi connectivity index (χ1v) is 10.2. The Morgan fingerprint density at radius 2 is 1.52 bits per heavy atom. The van der Waals surface area contributed by atoms with Crippen LogP contribution in [0.5, 0.6) is 0 Å². The average molecular weight is 411 g/mol. The zero-order valence-corrected chi connectivity index (χ0v) is 16.8. The summed E-state index contributed by atoms with van der Waals surface area (Å²) in [5.74, 6) is -0.856. The largest absolute Gasteiger partial charge is 0.399 e. The summed E-state index contributed by atoms with van der Waals surface area (Å²) >= 11 is 0. The van der Waals surface area contributed by atoms with Gasteiger partial charge in [-0.1, -0.05) is 42.5 Å². The van der Waals surface area contributed by atoms with Crippen molar-refractivity contribution < 1.29 is 14.4 Å². The number of anilines is 1. The Labute approximate surface area is 179 Å². The third-order valence-corrected chi connectivity index (χ3v) is 5.98. The fourth-order valence-electron chi connectivity index (χ4n) is 4.44. The number of imide groups is 1. The average Bonchev–Trinajstić information content (AvgIpc) is 3.10. The maximum atomic E-state index is 13.1. The molecule has 2 aliphatic heterocycles. The minimum absolute atomic E-state index is 0.168. The van der Waals surface area contributed by atoms with Crippen molar-refractivity contribution in [2.75, 3.05) is 5.73 Å². The molecule has 0 aliphatic carbocycles. The van der Waals surface area contributed by atoms with Gasteiger partial charge in [0.25, 0.3) is 5.91 Å². The van der Waals surface area contributed by atoms with Crippen molar-refractivity contribution in [2.45, 2.75) is 25.4 Å². The monoisotopic (exact) mass is 411 g/mol. The maximum Gasteiger partial charge on any atom is 0.255 e. The molecule has 3 N–H and O–H groups in total. The molecule has 0 aromatic heterocycles. The van der Waals surface area contributed by atoms with Gasteiger partial charge in [-0.3, -0.25) is 19.7 Å². The smallest absolute Gasteiger partial charge is 0.255 e. The number of fused-ring (bicyclic) bond motifs is 1. The number of nitrogens with one attached hydrogen (secondary N) is 1. The molecular weight excluding hydrogens is 390 g/mol. The fourth-order valence-corrected chi connectivity index (χ4v) is 4.44. The van der Waals surface area contributed by atoms with Gasteiger partial charge >= 0.3 is 0 Å². The number of hydrogen-bond acceptors (Lipinski definition) is 4. The van der Waals surface area contributed by atoms with Crippen LogP contribution in [0.3, 0.4) is 0 Å². The van der Waals surface area contributed by atoms with Crippen LogP contribution >= 0.6 is 0 Å². The lowest BCUT2D eigenvalue weighted by atomic mass is 9.94. The Hall–Kier alpha value is -3.93. The molecule has 6 nitrogen and oxygen atoms in total. The Kier molecular flexibility index (Phi) is 4.55. The van der Waals surface area contributed by atoms with Crippen LogP contribution in [0, 0.1) is 0 Å². The van der Waals surface area contributed by atoms with Crippen LogP contribution in [-0.4, -0.2) is 28.7 Å². The van der Waals surface area contributed by atoms with Gasteiger partial charge in [0.1, 0.15) is 6.04 Å². The summed E-state index contributed by atoms with van der Waals surface area (Å²) < 4.78 is 0. The SMILES string of the molecule is Nc1cccc(-c2cccc(-c3cccc4c3CN(C3CCC(=O)NC3=O)C4=O)c2)c1. The molecule has 3 aromatic rings. The molecule has 1 unspecified atom stereocenters. The van der Waals surface area contributed by atoms with E-state index in [-0.39, 0.29) is 18.2 Å². The van der Waals surface area contributed by atoms with E-state index in [0.717, 1.165) is 27.8 Å². The lowest BCUT2D eigenvalue weighted by Crippen LogP contribution is -2.52. The van der Waals surface area contributed by atoms with Gasteiger partial charge in [0.15, 0.2) is 0 Å². The van der Waals surface area contributed by atoms with E-state index < -0.39 is 11.9 Å². The summed E-state index contributed by atoms with van der Waals surface area (Å²) in [6.07, 6.45) is 0.594. The number of nitrogen functional groups attached to an aromatic ring is 1. The van der Waals surface area contributed by atoms with Crippen molar-refractivity contribution in [3.8, 4) is 22.3 Å². The van der Waals surface area contributed by atoms with Gasteiger partial charge in [0.05, 0.1) is 0 Å². The van der Waals surface area contributed by atoms with Crippen LogP contribution in [0.1, 0.15) is 28.8 Å². The van der Waals surface area contributed by atoms with Crippen molar-refractivity contribution >= 4 is 23.4 Å². The molecule has 5 rings (SSSR count). The molecule has 0 spiro atoms. The summed E-state index contributed by atoms with van der Waals surface area (Å²) in [7, 11) is 0. The lowest BCUT2D eigenvalue weighted by Gasteiger charge is -2.29. The molecule has 0 bridgehead atoms. The first-order valence-electron chi connectivity index (χ1n) is 10.2. The third kappa shape index (κ3) is 3.36. The second-order valence-corrected chi connectivity index (χ2v) is 7.94. The molecule has 0 radical (unpaired) electrons. The van der Waals surface area contributed by atoms with Gasteiger partial charge in [-0.25, -0.2) is 0 Å². The highest BCUT2D eigenvalue weighted by Gasteiger charge is 2.39. The Morgan fingerprint density at radius 1 is 0.839 bits per heavy atom. The molecule has 1 fully saturated rings. The summed E-state index contributed by atoms with van der Waals surface area (Å²) in [6, 6.07) is 20.9. The number of benzene rings is 3. The second-order valence-electron chi connectivity index (χ2n) is 7.94. The highest BCUT2D eigenvalue weighted by atomic mass is 16.2. The molecule has 154 valence electrons. The quantitative estimate of drug-likeness (QED) is 0.511. The molecule has 2 heterocycles. The minimum atomic E-state index is -0.621. The first-order chi connectivity index (χ1) is 15.0. The Balaban J connectivity index is 1.51. The molecule has 1 atom stereocenters. The van der Waals surface area contributed by atoms with E-state index in [1.54, 1.807) is 11.0 Å². The molecule has 1 saturated heterocycles. The van der Waals surface area contributed by atoms with Crippen LogP contribution in [-0.2, 0) is 16.1 Å². The predicted octanol–water partition coefficient (Wildman–Crippen LogP) is 3.36. The zero-order valence-electron chi connectivity index (χ0n) is 16.8. The van der Waals surface area contributed by atoms with Crippen LogP contribution in [0.25, 0.3) is 22.3 Å². The maximum absolute atomic E-state index is 13.1. The van der Waals surface area contributed by atoms with Gasteiger partial charge in [-0.2, -0.15) is 0 Å². The number of rotatable bonds is 3. The van der Waals surface area contributed by atoms with E-state index in [1.165, 1.54) is 0 Å². The normalized spacial score (nSPS) is 18.1. The highest BCUT2D eigenvalue weighted by molar-refractivity contribution is 6.06. The number of hydrogen-bond donors (Lipinski definition) is 2. The number of nitrogens with zero attached hydrogens (tertiary/aromatic N) is 1. The molecule has 6 heteroatoms. The number of carbonyl (C=O) groups is 3. The van der Waals surface area contributed by atoms with Crippen LogP contribution in [0.15, 0.2) is 66.7 Å². The van der Waals surface area contributed by atoms with Crippen molar-refractivity contribution in [2.24, 2.45) is 0 Å². The fraction of sp³-hybridized carbons (Fsp3) is 0.160. The Morgan fingerprint density at radius 3 is 2.29 bits per heavy atom. The summed E-state index contributed by atoms with van der Waals surface area (Å²) in [4.78, 5) is 38.5. The molecule has 0 saturated carbocycles. The van der Waals surface area contributed by atoms with Crippen LogP contribution in [0.4, 0.5) is 5.69 Å². The topological polar surface area (TPSA) is 92.5 Å². The number of piperidine rings is 1. The molecule has 3 amide bonds. The van der Waals surface area contributed by atoms with Gasteiger partial charge in [0.2, 0.25) is 11.8 Å². The zero-order chi connectivity index (χ0) is 21.5. The van der Waals surface area contributed by atoms with Crippen LogP contribution < -0.4 is 11.1 Å². The Bertz CT molecular complexity index is 1230. The van der Waals surface area contributed by atoms with Gasteiger partial charge < -0.3 is 10.6 Å². The van der Waals surface area contributed by atoms with Crippen molar-refractivity contribution in [3.05, 3.63) is 77.9 Å².